The van der Waals surface area contributed by atoms with E-state index < -0.39 is 10.3 Å². The zero-order valence-corrected chi connectivity index (χ0v) is 13.4. The van der Waals surface area contributed by atoms with Crippen LogP contribution in [0.4, 0.5) is 11.4 Å². The number of nitrogens with one attached hydrogen (secondary N) is 2. The second-order valence-corrected chi connectivity index (χ2v) is 6.22. The summed E-state index contributed by atoms with van der Waals surface area (Å²) in [6, 6.07) is 6.44. The number of hydrogen-bond acceptors (Lipinski definition) is 5. The third kappa shape index (κ3) is 3.94. The molecule has 122 valence electrons. The maximum absolute atomic E-state index is 11.8. The van der Waals surface area contributed by atoms with Gasteiger partial charge in [-0.15, -0.1) is 0 Å². The summed E-state index contributed by atoms with van der Waals surface area (Å²) in [5, 5.41) is 17.6. The summed E-state index contributed by atoms with van der Waals surface area (Å²) >= 11 is 0. The van der Waals surface area contributed by atoms with Crippen molar-refractivity contribution in [2.75, 3.05) is 18.4 Å². The smallest absolute Gasteiger partial charge is 0.278 e. The lowest BCUT2D eigenvalue weighted by Crippen LogP contribution is -2.37. The van der Waals surface area contributed by atoms with Gasteiger partial charge in [0, 0.05) is 30.8 Å². The molecular weight excluding hydrogens is 296 g/mol. The van der Waals surface area contributed by atoms with E-state index in [9.17, 15) is 14.9 Å². The lowest BCUT2D eigenvalue weighted by molar-refractivity contribution is -0.383. The van der Waals surface area contributed by atoms with Gasteiger partial charge in [0.15, 0.2) is 0 Å². The lowest BCUT2D eigenvalue weighted by atomic mass is 9.96. The summed E-state index contributed by atoms with van der Waals surface area (Å²) in [5.41, 5.74) is 0.849. The van der Waals surface area contributed by atoms with E-state index in [0.717, 1.165) is 0 Å². The molecular formula is C16H20N4O3. The molecule has 7 nitrogen and oxygen atoms in total. The third-order valence-electron chi connectivity index (χ3n) is 3.35. The molecule has 0 aliphatic heterocycles. The summed E-state index contributed by atoms with van der Waals surface area (Å²) < 4.78 is 0. The molecule has 0 aliphatic rings. The number of nitro benzene ring substituents is 1. The molecule has 0 spiro atoms. The maximum atomic E-state index is 11.8. The molecule has 0 atom stereocenters. The fourth-order valence-electron chi connectivity index (χ4n) is 2.10. The van der Waals surface area contributed by atoms with Gasteiger partial charge in [0.2, 0.25) is 5.91 Å². The van der Waals surface area contributed by atoms with Crippen LogP contribution in [0.25, 0.3) is 10.9 Å². The number of rotatable bonds is 5. The Morgan fingerprint density at radius 1 is 1.26 bits per heavy atom. The quantitative estimate of drug-likeness (QED) is 0.502. The number of carbonyl (C=O) groups excluding carboxylic acids is 1. The van der Waals surface area contributed by atoms with E-state index in [1.165, 1.54) is 6.07 Å². The molecule has 0 bridgehead atoms. The van der Waals surface area contributed by atoms with Crippen LogP contribution in [0.1, 0.15) is 20.8 Å². The van der Waals surface area contributed by atoms with E-state index in [-0.39, 0.29) is 11.6 Å². The van der Waals surface area contributed by atoms with E-state index in [0.29, 0.717) is 29.7 Å². The minimum absolute atomic E-state index is 0.0222. The number of carbonyl (C=O) groups is 1. The van der Waals surface area contributed by atoms with Crippen LogP contribution in [0, 0.1) is 15.5 Å². The Morgan fingerprint density at radius 3 is 2.65 bits per heavy atom. The van der Waals surface area contributed by atoms with Crippen molar-refractivity contribution in [3.05, 3.63) is 40.6 Å². The lowest BCUT2D eigenvalue weighted by Gasteiger charge is -2.18. The van der Waals surface area contributed by atoms with Gasteiger partial charge in [-0.1, -0.05) is 20.8 Å². The molecule has 0 saturated heterocycles. The van der Waals surface area contributed by atoms with Crippen molar-refractivity contribution in [3.8, 4) is 0 Å². The normalized spacial score (nSPS) is 11.3. The van der Waals surface area contributed by atoms with Crippen molar-refractivity contribution >= 4 is 28.2 Å². The van der Waals surface area contributed by atoms with Crippen molar-refractivity contribution in [1.29, 1.82) is 0 Å². The van der Waals surface area contributed by atoms with E-state index in [2.05, 4.69) is 15.6 Å². The number of anilines is 1. The molecule has 1 aromatic heterocycles. The van der Waals surface area contributed by atoms with Gasteiger partial charge >= 0.3 is 0 Å². The zero-order valence-electron chi connectivity index (χ0n) is 13.4. The monoisotopic (exact) mass is 316 g/mol. The number of nitro groups is 1. The van der Waals surface area contributed by atoms with Crippen LogP contribution in [0.3, 0.4) is 0 Å². The average molecular weight is 316 g/mol. The molecule has 1 amide bonds. The fraction of sp³-hybridized carbons (Fsp3) is 0.375. The minimum atomic E-state index is -0.429. The number of hydrogen-bond donors (Lipinski definition) is 2. The van der Waals surface area contributed by atoms with Crippen LogP contribution >= 0.6 is 0 Å². The molecule has 0 unspecified atom stereocenters. The summed E-state index contributed by atoms with van der Waals surface area (Å²) in [6.07, 6.45) is 1.60. The van der Waals surface area contributed by atoms with Crippen molar-refractivity contribution < 1.29 is 9.72 Å². The number of pyridine rings is 1. The number of benzene rings is 1. The van der Waals surface area contributed by atoms with Crippen molar-refractivity contribution in [1.82, 2.24) is 10.3 Å². The third-order valence-corrected chi connectivity index (χ3v) is 3.35. The first-order valence-corrected chi connectivity index (χ1v) is 7.35. The van der Waals surface area contributed by atoms with Gasteiger partial charge < -0.3 is 10.6 Å². The van der Waals surface area contributed by atoms with Crippen molar-refractivity contribution in [3.63, 3.8) is 0 Å². The molecule has 0 aliphatic carbocycles. The Hall–Kier alpha value is -2.70. The van der Waals surface area contributed by atoms with Crippen molar-refractivity contribution in [2.24, 2.45) is 5.41 Å². The Balaban J connectivity index is 2.09. The highest BCUT2D eigenvalue weighted by Crippen LogP contribution is 2.29. The van der Waals surface area contributed by atoms with Gasteiger partial charge in [-0.05, 0) is 18.2 Å². The van der Waals surface area contributed by atoms with E-state index in [4.69, 9.17) is 0 Å². The molecule has 2 rings (SSSR count). The van der Waals surface area contributed by atoms with Crippen LogP contribution in [-0.4, -0.2) is 28.9 Å². The standard InChI is InChI=1S/C16H20N4O3/c1-16(2,3)15(21)19-10-9-17-12-6-7-13(20(22)23)11-5-4-8-18-14(11)12/h4-8,17H,9-10H2,1-3H3,(H,19,21). The van der Waals surface area contributed by atoms with E-state index in [1.807, 2.05) is 20.8 Å². The second kappa shape index (κ2) is 6.60. The van der Waals surface area contributed by atoms with Gasteiger partial charge in [0.05, 0.1) is 16.0 Å². The highest BCUT2D eigenvalue weighted by atomic mass is 16.6. The van der Waals surface area contributed by atoms with Crippen molar-refractivity contribution in [2.45, 2.75) is 20.8 Å². The number of non-ortho nitro benzene ring substituents is 1. The topological polar surface area (TPSA) is 97.2 Å². The van der Waals surface area contributed by atoms with Crippen LogP contribution in [0.2, 0.25) is 0 Å². The predicted molar refractivity (Wildman–Crippen MR) is 89.4 cm³/mol. The average Bonchev–Trinajstić information content (AvgIpc) is 2.49. The second-order valence-electron chi connectivity index (χ2n) is 6.22. The zero-order chi connectivity index (χ0) is 17.0. The molecule has 1 aromatic carbocycles. The van der Waals surface area contributed by atoms with Gasteiger partial charge in [0.25, 0.3) is 5.69 Å². The van der Waals surface area contributed by atoms with Crippen LogP contribution in [0.5, 0.6) is 0 Å². The summed E-state index contributed by atoms with van der Waals surface area (Å²) in [7, 11) is 0. The first kappa shape index (κ1) is 16.7. The van der Waals surface area contributed by atoms with E-state index in [1.54, 1.807) is 24.4 Å². The molecule has 7 heteroatoms. The highest BCUT2D eigenvalue weighted by Gasteiger charge is 2.20. The first-order valence-electron chi connectivity index (χ1n) is 7.35. The SMILES string of the molecule is CC(C)(C)C(=O)NCCNc1ccc([N+](=O)[O-])c2cccnc12. The van der Waals surface area contributed by atoms with E-state index >= 15 is 0 Å². The Morgan fingerprint density at radius 2 is 2.00 bits per heavy atom. The summed E-state index contributed by atoms with van der Waals surface area (Å²) in [5.74, 6) is -0.0222. The summed E-state index contributed by atoms with van der Waals surface area (Å²) in [4.78, 5) is 26.7. The van der Waals surface area contributed by atoms with Gasteiger partial charge in [-0.3, -0.25) is 19.9 Å². The summed E-state index contributed by atoms with van der Waals surface area (Å²) in [6.45, 7) is 6.52. The van der Waals surface area contributed by atoms with Crippen LogP contribution < -0.4 is 10.6 Å². The van der Waals surface area contributed by atoms with Crippen LogP contribution in [0.15, 0.2) is 30.5 Å². The molecule has 0 saturated carbocycles. The maximum Gasteiger partial charge on any atom is 0.278 e. The number of amides is 1. The first-order chi connectivity index (χ1) is 10.8. The van der Waals surface area contributed by atoms with Gasteiger partial charge in [0.1, 0.15) is 5.52 Å². The largest absolute Gasteiger partial charge is 0.382 e. The minimum Gasteiger partial charge on any atom is -0.382 e. The Labute approximate surface area is 134 Å². The predicted octanol–water partition coefficient (Wildman–Crippen LogP) is 2.72. The molecule has 1 heterocycles. The Kier molecular flexibility index (Phi) is 4.78. The highest BCUT2D eigenvalue weighted by molar-refractivity contribution is 5.96. The molecule has 23 heavy (non-hydrogen) atoms. The number of nitrogens with zero attached hydrogens (tertiary/aromatic N) is 2. The fourth-order valence-corrected chi connectivity index (χ4v) is 2.10. The van der Waals surface area contributed by atoms with Gasteiger partial charge in [-0.25, -0.2) is 0 Å². The van der Waals surface area contributed by atoms with Crippen LogP contribution in [-0.2, 0) is 4.79 Å². The number of aromatic nitrogens is 1. The molecule has 0 fully saturated rings. The Bertz CT molecular complexity index is 738. The molecule has 2 N–H and O–H groups in total. The molecule has 0 radical (unpaired) electrons. The molecule has 2 aromatic rings. The number of fused-ring (bicyclic) bond motifs is 1. The van der Waals surface area contributed by atoms with Gasteiger partial charge in [-0.2, -0.15) is 0 Å².